The van der Waals surface area contributed by atoms with E-state index in [2.05, 4.69) is 10.6 Å². The van der Waals surface area contributed by atoms with Gasteiger partial charge in [0, 0.05) is 11.2 Å². The largest absolute Gasteiger partial charge is 0.467 e. The summed E-state index contributed by atoms with van der Waals surface area (Å²) in [5, 5.41) is 7.51. The highest BCUT2D eigenvalue weighted by molar-refractivity contribution is 7.12. The first kappa shape index (κ1) is 25.2. The lowest BCUT2D eigenvalue weighted by atomic mass is 10.00. The van der Waals surface area contributed by atoms with Gasteiger partial charge in [-0.15, -0.1) is 11.3 Å². The molecule has 2 N–H and O–H groups in total. The molecule has 0 aliphatic rings. The number of nitrogens with one attached hydrogen (secondary N) is 2. The summed E-state index contributed by atoms with van der Waals surface area (Å²) in [6.07, 6.45) is 2.18. The van der Waals surface area contributed by atoms with E-state index in [0.717, 1.165) is 11.1 Å². The Balaban J connectivity index is 2.00. The van der Waals surface area contributed by atoms with Crippen LogP contribution >= 0.6 is 11.3 Å². The molecule has 2 aromatic heterocycles. The van der Waals surface area contributed by atoms with Crippen molar-refractivity contribution in [2.45, 2.75) is 52.6 Å². The third kappa shape index (κ3) is 5.94. The molecule has 34 heavy (non-hydrogen) atoms. The second-order valence-corrected chi connectivity index (χ2v) is 9.78. The number of amides is 3. The maximum atomic E-state index is 13.6. The maximum Gasteiger partial charge on any atom is 0.261 e. The first-order valence-corrected chi connectivity index (χ1v) is 12.1. The van der Waals surface area contributed by atoms with Gasteiger partial charge in [-0.3, -0.25) is 19.3 Å². The van der Waals surface area contributed by atoms with Gasteiger partial charge >= 0.3 is 0 Å². The predicted octanol–water partition coefficient (Wildman–Crippen LogP) is 4.77. The van der Waals surface area contributed by atoms with Crippen LogP contribution in [0.15, 0.2) is 58.5 Å². The second kappa shape index (κ2) is 10.7. The highest BCUT2D eigenvalue weighted by Crippen LogP contribution is 2.30. The van der Waals surface area contributed by atoms with Crippen LogP contribution in [-0.4, -0.2) is 29.8 Å². The van der Waals surface area contributed by atoms with E-state index in [-0.39, 0.29) is 18.4 Å². The fourth-order valence-electron chi connectivity index (χ4n) is 3.36. The molecule has 7 nitrogen and oxygen atoms in total. The lowest BCUT2D eigenvalue weighted by Crippen LogP contribution is -2.52. The SMILES string of the molecule is CCC(C)(C)NC(=O)[C@H](c1ccco1)N(C(=O)CNC(=O)c1cccs1)c1ccc(C)c(C)c1. The first-order valence-electron chi connectivity index (χ1n) is 11.2. The molecule has 0 radical (unpaired) electrons. The van der Waals surface area contributed by atoms with Gasteiger partial charge in [0.05, 0.1) is 17.7 Å². The molecule has 0 spiro atoms. The topological polar surface area (TPSA) is 91.7 Å². The van der Waals surface area contributed by atoms with E-state index in [4.69, 9.17) is 4.42 Å². The van der Waals surface area contributed by atoms with E-state index < -0.39 is 17.5 Å². The van der Waals surface area contributed by atoms with Gasteiger partial charge in [0.2, 0.25) is 5.91 Å². The number of carbonyl (C=O) groups excluding carboxylic acids is 3. The van der Waals surface area contributed by atoms with Crippen LogP contribution in [0.1, 0.15) is 59.8 Å². The number of rotatable bonds is 9. The molecule has 0 aliphatic heterocycles. The minimum absolute atomic E-state index is 0.273. The Morgan fingerprint density at radius 2 is 1.85 bits per heavy atom. The summed E-state index contributed by atoms with van der Waals surface area (Å²) in [5.74, 6) is -0.799. The maximum absolute atomic E-state index is 13.6. The van der Waals surface area contributed by atoms with Crippen LogP contribution in [0.2, 0.25) is 0 Å². The first-order chi connectivity index (χ1) is 16.1. The van der Waals surface area contributed by atoms with Crippen molar-refractivity contribution in [1.29, 1.82) is 0 Å². The molecule has 0 saturated carbocycles. The highest BCUT2D eigenvalue weighted by atomic mass is 32.1. The summed E-state index contributed by atoms with van der Waals surface area (Å²) in [6.45, 7) is 9.48. The summed E-state index contributed by atoms with van der Waals surface area (Å²) in [7, 11) is 0. The number of hydrogen-bond acceptors (Lipinski definition) is 5. The smallest absolute Gasteiger partial charge is 0.261 e. The number of anilines is 1. The van der Waals surface area contributed by atoms with Gasteiger partial charge in [-0.2, -0.15) is 0 Å². The quantitative estimate of drug-likeness (QED) is 0.461. The van der Waals surface area contributed by atoms with Crippen molar-refractivity contribution in [3.8, 4) is 0 Å². The highest BCUT2D eigenvalue weighted by Gasteiger charge is 2.37. The molecular formula is C26H31N3O4S. The van der Waals surface area contributed by atoms with E-state index in [1.54, 1.807) is 35.7 Å². The Morgan fingerprint density at radius 3 is 2.44 bits per heavy atom. The molecule has 0 aliphatic carbocycles. The Bertz CT molecular complexity index is 1140. The van der Waals surface area contributed by atoms with Crippen molar-refractivity contribution in [3.05, 3.63) is 75.9 Å². The summed E-state index contributed by atoms with van der Waals surface area (Å²) in [5.41, 5.74) is 2.11. The second-order valence-electron chi connectivity index (χ2n) is 8.84. The van der Waals surface area contributed by atoms with Gasteiger partial charge in [-0.25, -0.2) is 0 Å². The number of thiophene rings is 1. The molecule has 2 heterocycles. The van der Waals surface area contributed by atoms with Crippen LogP contribution in [-0.2, 0) is 9.59 Å². The Kier molecular flexibility index (Phi) is 7.94. The third-order valence-electron chi connectivity index (χ3n) is 5.85. The zero-order valence-electron chi connectivity index (χ0n) is 20.2. The lowest BCUT2D eigenvalue weighted by molar-refractivity contribution is -0.128. The van der Waals surface area contributed by atoms with Gasteiger partial charge in [-0.05, 0) is 81.0 Å². The molecule has 0 bridgehead atoms. The van der Waals surface area contributed by atoms with E-state index in [1.165, 1.54) is 22.5 Å². The number of aryl methyl sites for hydroxylation is 2. The Morgan fingerprint density at radius 1 is 1.09 bits per heavy atom. The summed E-state index contributed by atoms with van der Waals surface area (Å²) in [6, 6.07) is 11.3. The Labute approximate surface area is 204 Å². The van der Waals surface area contributed by atoms with Crippen molar-refractivity contribution >= 4 is 34.7 Å². The molecule has 3 amide bonds. The summed E-state index contributed by atoms with van der Waals surface area (Å²) >= 11 is 1.29. The number of hydrogen-bond donors (Lipinski definition) is 2. The van der Waals surface area contributed by atoms with Crippen molar-refractivity contribution in [2.24, 2.45) is 0 Å². The monoisotopic (exact) mass is 481 g/mol. The third-order valence-corrected chi connectivity index (χ3v) is 6.72. The minimum Gasteiger partial charge on any atom is -0.467 e. The lowest BCUT2D eigenvalue weighted by Gasteiger charge is -2.33. The van der Waals surface area contributed by atoms with Crippen LogP contribution in [0.25, 0.3) is 0 Å². The molecule has 180 valence electrons. The number of nitrogens with zero attached hydrogens (tertiary/aromatic N) is 1. The normalized spacial score (nSPS) is 12.1. The fraction of sp³-hybridized carbons (Fsp3) is 0.346. The number of furan rings is 1. The fourth-order valence-corrected chi connectivity index (χ4v) is 4.00. The van der Waals surface area contributed by atoms with Gasteiger partial charge in [0.15, 0.2) is 6.04 Å². The van der Waals surface area contributed by atoms with Crippen LogP contribution in [0.3, 0.4) is 0 Å². The van der Waals surface area contributed by atoms with E-state index in [1.807, 2.05) is 46.8 Å². The van der Waals surface area contributed by atoms with Crippen LogP contribution in [0, 0.1) is 13.8 Å². The van der Waals surface area contributed by atoms with Crippen LogP contribution < -0.4 is 15.5 Å². The van der Waals surface area contributed by atoms with Crippen molar-refractivity contribution in [1.82, 2.24) is 10.6 Å². The number of benzene rings is 1. The van der Waals surface area contributed by atoms with Crippen molar-refractivity contribution in [3.63, 3.8) is 0 Å². The average molecular weight is 482 g/mol. The number of carbonyl (C=O) groups is 3. The zero-order chi connectivity index (χ0) is 24.9. The van der Waals surface area contributed by atoms with E-state index in [0.29, 0.717) is 22.7 Å². The Hall–Kier alpha value is -3.39. The molecular weight excluding hydrogens is 450 g/mol. The molecule has 1 aromatic carbocycles. The summed E-state index contributed by atoms with van der Waals surface area (Å²) < 4.78 is 5.62. The van der Waals surface area contributed by atoms with Gasteiger partial charge in [0.1, 0.15) is 5.76 Å². The molecule has 3 aromatic rings. The molecule has 3 rings (SSSR count). The average Bonchev–Trinajstić information content (AvgIpc) is 3.51. The van der Waals surface area contributed by atoms with Crippen LogP contribution in [0.4, 0.5) is 5.69 Å². The van der Waals surface area contributed by atoms with Crippen molar-refractivity contribution < 1.29 is 18.8 Å². The van der Waals surface area contributed by atoms with Crippen molar-refractivity contribution in [2.75, 3.05) is 11.4 Å². The van der Waals surface area contributed by atoms with Gasteiger partial charge in [0.25, 0.3) is 11.8 Å². The molecule has 8 heteroatoms. The predicted molar refractivity (Wildman–Crippen MR) is 134 cm³/mol. The van der Waals surface area contributed by atoms with Crippen LogP contribution in [0.5, 0.6) is 0 Å². The molecule has 1 atom stereocenters. The van der Waals surface area contributed by atoms with Gasteiger partial charge in [-0.1, -0.05) is 19.1 Å². The minimum atomic E-state index is -1.05. The zero-order valence-corrected chi connectivity index (χ0v) is 21.0. The summed E-state index contributed by atoms with van der Waals surface area (Å²) in [4.78, 5) is 41.5. The molecule has 0 fully saturated rings. The standard InChI is InChI=1S/C26H31N3O4S/c1-6-26(4,5)28-25(32)23(20-9-7-13-33-20)29(19-12-11-17(2)18(3)15-19)22(30)16-27-24(31)21-10-8-14-34-21/h7-15,23H,6,16H2,1-5H3,(H,27,31)(H,28,32)/t23-/m0/s1. The molecule has 0 unspecified atom stereocenters. The van der Waals surface area contributed by atoms with E-state index >= 15 is 0 Å². The van der Waals surface area contributed by atoms with E-state index in [9.17, 15) is 14.4 Å². The molecule has 0 saturated heterocycles. The van der Waals surface area contributed by atoms with Gasteiger partial charge < -0.3 is 15.1 Å².